The van der Waals surface area contributed by atoms with Crippen LogP contribution in [-0.2, 0) is 37.2 Å². The summed E-state index contributed by atoms with van der Waals surface area (Å²) in [6.07, 6.45) is 8.44. The van der Waals surface area contributed by atoms with Crippen LogP contribution in [0.5, 0.6) is 11.5 Å². The number of aromatic amines is 1. The Morgan fingerprint density at radius 3 is 1.40 bits per heavy atom. The van der Waals surface area contributed by atoms with E-state index < -0.39 is 0 Å². The molecule has 0 amide bonds. The van der Waals surface area contributed by atoms with Crippen LogP contribution in [0.1, 0.15) is 22.8 Å². The number of benzene rings is 5. The van der Waals surface area contributed by atoms with Gasteiger partial charge in [0.1, 0.15) is 11.5 Å². The number of nitrogens with one attached hydrogen (secondary N) is 1. The van der Waals surface area contributed by atoms with Gasteiger partial charge in [0, 0.05) is 70.6 Å². The van der Waals surface area contributed by atoms with Crippen LogP contribution >= 0.6 is 0 Å². The minimum Gasteiger partial charge on any atom is -0.508 e. The average Bonchev–Trinajstić information content (AvgIpc) is 4.06. The summed E-state index contributed by atoms with van der Waals surface area (Å²) in [6, 6.07) is 59.0. The van der Waals surface area contributed by atoms with Crippen molar-refractivity contribution in [1.82, 2.24) is 19.5 Å². The number of phenols is 2. The summed E-state index contributed by atoms with van der Waals surface area (Å²) in [6.45, 7) is 0. The van der Waals surface area contributed by atoms with E-state index in [2.05, 4.69) is 186 Å². The molecule has 2 aliphatic heterocycles. The fraction of sp³-hybridized carbons (Fsp3) is 0. The van der Waals surface area contributed by atoms with Crippen LogP contribution in [0, 0.1) is 0 Å². The zero-order chi connectivity index (χ0) is 37.8. The molecule has 0 spiro atoms. The number of rotatable bonds is 4. The molecular weight excluding hydrogens is 854 g/mol. The molecule has 3 aromatic heterocycles. The maximum Gasteiger partial charge on any atom is 0.115 e. The van der Waals surface area contributed by atoms with Gasteiger partial charge < -0.3 is 19.8 Å². The first-order chi connectivity index (χ1) is 27.6. The fourth-order valence-corrected chi connectivity index (χ4v) is 7.26. The van der Waals surface area contributed by atoms with E-state index >= 15 is 0 Å². The van der Waals surface area contributed by atoms with Crippen LogP contribution in [0.2, 0.25) is 0 Å². The Hall–Kier alpha value is -6.53. The van der Waals surface area contributed by atoms with E-state index in [4.69, 9.17) is 20.2 Å². The summed E-state index contributed by atoms with van der Waals surface area (Å²) in [4.78, 5) is 13.9. The molecule has 8 aromatic rings. The summed E-state index contributed by atoms with van der Waals surface area (Å²) in [5.74, 6) is 0.339. The molecule has 287 valence electrons. The minimum atomic E-state index is 0. The molecule has 10 rings (SSSR count). The SMILES string of the molecule is C1=Cc2cc3c(-c4ccccc4)c(-c4ccccc4)c(c(-c4ccccc4)c4nc(cc5ccc(cc1n2)[nH]5)C=C4)n3-c1ccccc1.Oc1ccc(O)cc1.[Co].[Pd]. The van der Waals surface area contributed by atoms with Crippen molar-refractivity contribution in [2.45, 2.75) is 0 Å². The van der Waals surface area contributed by atoms with E-state index in [1.807, 2.05) is 0 Å². The first-order valence-electron chi connectivity index (χ1n) is 18.4. The van der Waals surface area contributed by atoms with E-state index in [9.17, 15) is 0 Å². The zero-order valence-electron chi connectivity index (χ0n) is 30.9. The molecule has 2 aliphatic rings. The van der Waals surface area contributed by atoms with Gasteiger partial charge in [-0.1, -0.05) is 109 Å². The summed E-state index contributed by atoms with van der Waals surface area (Å²) >= 11 is 0. The normalized spacial score (nSPS) is 11.2. The van der Waals surface area contributed by atoms with Gasteiger partial charge in [-0.15, -0.1) is 0 Å². The van der Waals surface area contributed by atoms with Gasteiger partial charge in [0.15, 0.2) is 0 Å². The molecule has 1 radical (unpaired) electrons. The number of fused-ring (bicyclic) bond motifs is 8. The molecule has 3 N–H and O–H groups in total. The van der Waals surface area contributed by atoms with Gasteiger partial charge in [-0.05, 0) is 108 Å². The molecule has 6 nitrogen and oxygen atoms in total. The quantitative estimate of drug-likeness (QED) is 0.121. The Kier molecular flexibility index (Phi) is 12.1. The molecule has 5 aromatic carbocycles. The van der Waals surface area contributed by atoms with Crippen molar-refractivity contribution in [3.63, 3.8) is 0 Å². The average molecular weight is 890 g/mol. The summed E-state index contributed by atoms with van der Waals surface area (Å²) in [7, 11) is 0. The van der Waals surface area contributed by atoms with Crippen LogP contribution in [0.4, 0.5) is 0 Å². The third-order valence-electron chi connectivity index (χ3n) is 9.72. The van der Waals surface area contributed by atoms with E-state index in [1.54, 1.807) is 0 Å². The number of hydrogen-bond acceptors (Lipinski definition) is 4. The first kappa shape index (κ1) is 39.7. The molecule has 0 saturated carbocycles. The van der Waals surface area contributed by atoms with Gasteiger partial charge >= 0.3 is 0 Å². The molecule has 0 saturated heterocycles. The summed E-state index contributed by atoms with van der Waals surface area (Å²) < 4.78 is 2.41. The summed E-state index contributed by atoms with van der Waals surface area (Å²) in [5.41, 5.74) is 15.4. The molecule has 0 atom stereocenters. The number of hydrogen-bond donors (Lipinski definition) is 3. The Bertz CT molecular complexity index is 2890. The molecule has 0 unspecified atom stereocenters. The van der Waals surface area contributed by atoms with Gasteiger partial charge in [0.05, 0.1) is 33.8 Å². The second-order valence-corrected chi connectivity index (χ2v) is 13.5. The smallest absolute Gasteiger partial charge is 0.115 e. The van der Waals surface area contributed by atoms with Gasteiger partial charge in [-0.25, -0.2) is 9.97 Å². The van der Waals surface area contributed by atoms with Crippen LogP contribution in [0.15, 0.2) is 176 Å². The largest absolute Gasteiger partial charge is 0.508 e. The van der Waals surface area contributed by atoms with Gasteiger partial charge in [0.2, 0.25) is 0 Å². The number of aromatic hydroxyl groups is 2. The number of aromatic nitrogens is 4. The number of phenolic OH excluding ortho intramolecular Hbond substituents is 2. The van der Waals surface area contributed by atoms with Crippen LogP contribution < -0.4 is 0 Å². The van der Waals surface area contributed by atoms with E-state index in [1.165, 1.54) is 24.3 Å². The minimum absolute atomic E-state index is 0. The molecule has 0 fully saturated rings. The van der Waals surface area contributed by atoms with Crippen LogP contribution in [-0.4, -0.2) is 29.7 Å². The Labute approximate surface area is 360 Å². The predicted octanol–water partition coefficient (Wildman–Crippen LogP) is 12.2. The Morgan fingerprint density at radius 1 is 0.431 bits per heavy atom. The third-order valence-corrected chi connectivity index (χ3v) is 9.72. The number of H-pyrrole nitrogens is 1. The maximum atomic E-state index is 8.65. The van der Waals surface area contributed by atoms with E-state index in [0.717, 1.165) is 83.9 Å². The van der Waals surface area contributed by atoms with Gasteiger partial charge in [0.25, 0.3) is 0 Å². The molecule has 0 aliphatic carbocycles. The fourth-order valence-electron chi connectivity index (χ4n) is 7.26. The predicted molar refractivity (Wildman–Crippen MR) is 230 cm³/mol. The van der Waals surface area contributed by atoms with Crippen molar-refractivity contribution in [3.05, 3.63) is 199 Å². The Morgan fingerprint density at radius 2 is 0.862 bits per heavy atom. The molecule has 58 heavy (non-hydrogen) atoms. The van der Waals surface area contributed by atoms with Crippen LogP contribution in [0.25, 0.3) is 85.4 Å². The van der Waals surface area contributed by atoms with E-state index in [0.29, 0.717) is 0 Å². The molecule has 8 bridgehead atoms. The van der Waals surface area contributed by atoms with Crippen LogP contribution in [0.3, 0.4) is 0 Å². The number of nitrogens with zero attached hydrogens (tertiary/aromatic N) is 3. The van der Waals surface area contributed by atoms with Gasteiger partial charge in [-0.2, -0.15) is 0 Å². The second kappa shape index (κ2) is 17.7. The monoisotopic (exact) mass is 889 g/mol. The zero-order valence-corrected chi connectivity index (χ0v) is 33.5. The van der Waals surface area contributed by atoms with Crippen molar-refractivity contribution in [3.8, 4) is 50.6 Å². The maximum absolute atomic E-state index is 8.65. The van der Waals surface area contributed by atoms with Crippen molar-refractivity contribution in [2.75, 3.05) is 0 Å². The molecule has 5 heterocycles. The molecule has 8 heteroatoms. The van der Waals surface area contributed by atoms with Crippen molar-refractivity contribution in [1.29, 1.82) is 0 Å². The topological polar surface area (TPSA) is 87.0 Å². The van der Waals surface area contributed by atoms with Crippen molar-refractivity contribution < 1.29 is 47.4 Å². The third kappa shape index (κ3) is 8.28. The van der Waals surface area contributed by atoms with E-state index in [-0.39, 0.29) is 48.7 Å². The number of para-hydroxylation sites is 1. The summed E-state index contributed by atoms with van der Waals surface area (Å²) in [5, 5.41) is 17.3. The van der Waals surface area contributed by atoms with Crippen molar-refractivity contribution >= 4 is 46.4 Å². The second-order valence-electron chi connectivity index (χ2n) is 13.5. The first-order valence-corrected chi connectivity index (χ1v) is 18.4. The van der Waals surface area contributed by atoms with Crippen molar-refractivity contribution in [2.24, 2.45) is 0 Å². The standard InChI is InChI=1S/C44H30N4.C6H6O2.Co.Pd/c1-5-13-30(14-6-1)41-39-26-25-36(47-39)28-35-22-21-33(45-35)27-34-23-24-37(46-34)29-40-42(31-15-7-2-8-16-31)43(32-17-9-3-10-18-32)44(41)48(40)38-19-11-4-12-20-38;7-5-1-2-6(8)4-3-5;;/h1-29,45H;1-4,7-8H;;. The van der Waals surface area contributed by atoms with Gasteiger partial charge in [-0.3, -0.25) is 0 Å². The Balaban J connectivity index is 0.000000461. The molecular formula is C50H36CoN4O2Pd.